The minimum absolute atomic E-state index is 0.130. The summed E-state index contributed by atoms with van der Waals surface area (Å²) in [6.45, 7) is 0. The van der Waals surface area contributed by atoms with Gasteiger partial charge in [0.2, 0.25) is 0 Å². The zero-order valence-electron chi connectivity index (χ0n) is 10.8. The molecule has 0 bridgehead atoms. The van der Waals surface area contributed by atoms with Crippen molar-refractivity contribution in [2.24, 2.45) is 0 Å². The van der Waals surface area contributed by atoms with Crippen molar-refractivity contribution in [3.05, 3.63) is 28.8 Å². The standard InChI is InChI=1S/C14H15ClO4S/c15-11-8-9(14(13(16)17)6-1-7-14)2-5-12(11)20(18,19)10-3-4-10/h2,5,8,10H,1,3-4,6-7H2,(H,16,17). The molecular weight excluding hydrogens is 300 g/mol. The second-order valence-electron chi connectivity index (χ2n) is 5.63. The zero-order valence-corrected chi connectivity index (χ0v) is 12.4. The van der Waals surface area contributed by atoms with Crippen molar-refractivity contribution in [1.82, 2.24) is 0 Å². The van der Waals surface area contributed by atoms with Crippen molar-refractivity contribution in [3.8, 4) is 0 Å². The molecule has 1 aromatic carbocycles. The van der Waals surface area contributed by atoms with Gasteiger partial charge in [-0.15, -0.1) is 0 Å². The van der Waals surface area contributed by atoms with E-state index in [2.05, 4.69) is 0 Å². The molecule has 3 rings (SSSR count). The first-order valence-electron chi connectivity index (χ1n) is 6.65. The molecule has 20 heavy (non-hydrogen) atoms. The number of carbonyl (C=O) groups is 1. The first-order valence-corrected chi connectivity index (χ1v) is 8.58. The summed E-state index contributed by atoms with van der Waals surface area (Å²) in [5.74, 6) is -0.863. The highest BCUT2D eigenvalue weighted by Gasteiger charge is 2.46. The van der Waals surface area contributed by atoms with Crippen LogP contribution in [0.5, 0.6) is 0 Å². The number of rotatable bonds is 4. The summed E-state index contributed by atoms with van der Waals surface area (Å²) >= 11 is 6.11. The monoisotopic (exact) mass is 314 g/mol. The number of aliphatic carboxylic acids is 1. The van der Waals surface area contributed by atoms with Gasteiger partial charge in [-0.2, -0.15) is 0 Å². The summed E-state index contributed by atoms with van der Waals surface area (Å²) in [6.07, 6.45) is 3.38. The maximum atomic E-state index is 12.2. The molecule has 0 spiro atoms. The second kappa shape index (κ2) is 4.46. The smallest absolute Gasteiger partial charge is 0.314 e. The van der Waals surface area contributed by atoms with E-state index >= 15 is 0 Å². The molecule has 1 aromatic rings. The average Bonchev–Trinajstić information content (AvgIpc) is 3.10. The summed E-state index contributed by atoms with van der Waals surface area (Å²) in [7, 11) is -3.35. The Labute approximate surface area is 122 Å². The Kier molecular flexibility index (Phi) is 3.10. The number of hydrogen-bond acceptors (Lipinski definition) is 3. The summed E-state index contributed by atoms with van der Waals surface area (Å²) in [6, 6.07) is 4.59. The number of benzene rings is 1. The number of hydrogen-bond donors (Lipinski definition) is 1. The lowest BCUT2D eigenvalue weighted by atomic mass is 9.64. The molecule has 0 radical (unpaired) electrons. The number of sulfone groups is 1. The SMILES string of the molecule is O=C(O)C1(c2ccc(S(=O)(=O)C3CC3)c(Cl)c2)CCC1. The van der Waals surface area contributed by atoms with E-state index in [0.29, 0.717) is 31.2 Å². The minimum Gasteiger partial charge on any atom is -0.481 e. The van der Waals surface area contributed by atoms with Crippen LogP contribution >= 0.6 is 11.6 Å². The van der Waals surface area contributed by atoms with Gasteiger partial charge in [-0.3, -0.25) is 4.79 Å². The van der Waals surface area contributed by atoms with Gasteiger partial charge in [0.15, 0.2) is 9.84 Å². The Morgan fingerprint density at radius 1 is 1.30 bits per heavy atom. The van der Waals surface area contributed by atoms with Crippen LogP contribution in [0, 0.1) is 0 Å². The van der Waals surface area contributed by atoms with Crippen molar-refractivity contribution >= 4 is 27.4 Å². The Hall–Kier alpha value is -1.07. The van der Waals surface area contributed by atoms with Gasteiger partial charge in [0.05, 0.1) is 20.6 Å². The molecule has 2 aliphatic rings. The van der Waals surface area contributed by atoms with Crippen LogP contribution in [0.15, 0.2) is 23.1 Å². The van der Waals surface area contributed by atoms with Crippen LogP contribution in [0.3, 0.4) is 0 Å². The molecule has 2 fully saturated rings. The predicted molar refractivity (Wildman–Crippen MR) is 74.8 cm³/mol. The number of halogens is 1. The normalized spacial score (nSPS) is 21.2. The molecule has 108 valence electrons. The van der Waals surface area contributed by atoms with E-state index in [-0.39, 0.29) is 15.2 Å². The van der Waals surface area contributed by atoms with Crippen molar-refractivity contribution < 1.29 is 18.3 Å². The third-order valence-corrected chi connectivity index (χ3v) is 7.11. The fourth-order valence-electron chi connectivity index (χ4n) is 2.74. The highest BCUT2D eigenvalue weighted by molar-refractivity contribution is 7.92. The lowest BCUT2D eigenvalue weighted by Crippen LogP contribution is -2.42. The van der Waals surface area contributed by atoms with Crippen LogP contribution < -0.4 is 0 Å². The highest BCUT2D eigenvalue weighted by atomic mass is 35.5. The fourth-order valence-corrected chi connectivity index (χ4v) is 4.95. The summed E-state index contributed by atoms with van der Waals surface area (Å²) in [4.78, 5) is 11.6. The molecule has 0 amide bonds. The van der Waals surface area contributed by atoms with Crippen molar-refractivity contribution in [2.45, 2.75) is 47.7 Å². The van der Waals surface area contributed by atoms with Crippen LogP contribution in [0.1, 0.15) is 37.7 Å². The number of carboxylic acids is 1. The molecule has 1 N–H and O–H groups in total. The third-order valence-electron chi connectivity index (χ3n) is 4.37. The molecule has 0 atom stereocenters. The van der Waals surface area contributed by atoms with E-state index in [0.717, 1.165) is 6.42 Å². The molecular formula is C14H15ClO4S. The molecule has 6 heteroatoms. The molecule has 0 heterocycles. The van der Waals surface area contributed by atoms with Crippen LogP contribution in [0.2, 0.25) is 5.02 Å². The lowest BCUT2D eigenvalue weighted by Gasteiger charge is -2.38. The maximum Gasteiger partial charge on any atom is 0.314 e. The highest BCUT2D eigenvalue weighted by Crippen LogP contribution is 2.46. The Morgan fingerprint density at radius 2 is 1.95 bits per heavy atom. The van der Waals surface area contributed by atoms with E-state index in [1.54, 1.807) is 6.07 Å². The largest absolute Gasteiger partial charge is 0.481 e. The zero-order chi connectivity index (χ0) is 14.5. The van der Waals surface area contributed by atoms with Gasteiger partial charge in [-0.1, -0.05) is 24.1 Å². The first kappa shape index (κ1) is 13.9. The van der Waals surface area contributed by atoms with Crippen LogP contribution in [0.4, 0.5) is 0 Å². The Morgan fingerprint density at radius 3 is 2.35 bits per heavy atom. The average molecular weight is 315 g/mol. The predicted octanol–water partition coefficient (Wildman–Crippen LogP) is 2.78. The maximum absolute atomic E-state index is 12.2. The van der Waals surface area contributed by atoms with E-state index in [9.17, 15) is 18.3 Å². The minimum atomic E-state index is -3.35. The summed E-state index contributed by atoms with van der Waals surface area (Å²) in [5.41, 5.74) is -0.276. The molecule has 0 aliphatic heterocycles. The lowest BCUT2D eigenvalue weighted by molar-refractivity contribution is -0.147. The van der Waals surface area contributed by atoms with Gasteiger partial charge in [-0.25, -0.2) is 8.42 Å². The Bertz CT molecular complexity index is 672. The molecule has 0 saturated heterocycles. The number of carboxylic acid groups (broad SMARTS) is 1. The van der Waals surface area contributed by atoms with Gasteiger partial charge in [0.25, 0.3) is 0 Å². The van der Waals surface area contributed by atoms with Gasteiger partial charge in [0, 0.05) is 0 Å². The molecule has 4 nitrogen and oxygen atoms in total. The van der Waals surface area contributed by atoms with Crippen molar-refractivity contribution in [1.29, 1.82) is 0 Å². The van der Waals surface area contributed by atoms with E-state index in [1.165, 1.54) is 12.1 Å². The van der Waals surface area contributed by atoms with E-state index in [1.807, 2.05) is 0 Å². The van der Waals surface area contributed by atoms with Gasteiger partial charge in [0.1, 0.15) is 0 Å². The van der Waals surface area contributed by atoms with Crippen LogP contribution in [0.25, 0.3) is 0 Å². The topological polar surface area (TPSA) is 71.4 Å². The van der Waals surface area contributed by atoms with Crippen LogP contribution in [-0.2, 0) is 20.0 Å². The molecule has 2 saturated carbocycles. The molecule has 0 unspecified atom stereocenters. The third kappa shape index (κ3) is 1.95. The first-order chi connectivity index (χ1) is 9.38. The van der Waals surface area contributed by atoms with E-state index in [4.69, 9.17) is 11.6 Å². The van der Waals surface area contributed by atoms with Crippen molar-refractivity contribution in [3.63, 3.8) is 0 Å². The molecule has 0 aromatic heterocycles. The molecule has 2 aliphatic carbocycles. The van der Waals surface area contributed by atoms with Crippen LogP contribution in [-0.4, -0.2) is 24.7 Å². The van der Waals surface area contributed by atoms with E-state index < -0.39 is 21.2 Å². The van der Waals surface area contributed by atoms with Gasteiger partial charge >= 0.3 is 5.97 Å². The van der Waals surface area contributed by atoms with Gasteiger partial charge < -0.3 is 5.11 Å². The summed E-state index contributed by atoms with van der Waals surface area (Å²) < 4.78 is 24.4. The summed E-state index contributed by atoms with van der Waals surface area (Å²) in [5, 5.41) is 9.22. The second-order valence-corrected chi connectivity index (χ2v) is 8.23. The fraction of sp³-hybridized carbons (Fsp3) is 0.500. The Balaban J connectivity index is 2.02. The van der Waals surface area contributed by atoms with Crippen molar-refractivity contribution in [2.75, 3.05) is 0 Å². The van der Waals surface area contributed by atoms with Gasteiger partial charge in [-0.05, 0) is 43.4 Å². The quantitative estimate of drug-likeness (QED) is 0.927.